The van der Waals surface area contributed by atoms with Crippen LogP contribution in [0.25, 0.3) is 0 Å². The van der Waals surface area contributed by atoms with Gasteiger partial charge in [0.1, 0.15) is 17.9 Å². The fourth-order valence-electron chi connectivity index (χ4n) is 1.64. The number of carbonyl (C=O) groups is 1. The van der Waals surface area contributed by atoms with Crippen molar-refractivity contribution < 1.29 is 9.53 Å². The molecule has 1 aromatic heterocycles. The predicted octanol–water partition coefficient (Wildman–Crippen LogP) is 2.87. The lowest BCUT2D eigenvalue weighted by molar-refractivity contribution is -0.128. The van der Waals surface area contributed by atoms with Gasteiger partial charge in [-0.3, -0.25) is 9.89 Å². The van der Waals surface area contributed by atoms with Crippen LogP contribution in [0, 0.1) is 0 Å². The summed E-state index contributed by atoms with van der Waals surface area (Å²) in [6.07, 6.45) is 0.732. The summed E-state index contributed by atoms with van der Waals surface area (Å²) in [5, 5.41) is 9.84. The number of halogens is 2. The van der Waals surface area contributed by atoms with Crippen molar-refractivity contribution in [1.82, 2.24) is 20.5 Å². The minimum Gasteiger partial charge on any atom is -0.480 e. The Bertz CT molecular complexity index is 621. The Labute approximate surface area is 135 Å². The summed E-state index contributed by atoms with van der Waals surface area (Å²) >= 11 is 9.20. The second-order valence-corrected chi connectivity index (χ2v) is 5.73. The van der Waals surface area contributed by atoms with Crippen LogP contribution < -0.4 is 10.1 Å². The maximum absolute atomic E-state index is 12.1. The molecule has 2 unspecified atom stereocenters. The zero-order valence-corrected chi connectivity index (χ0v) is 13.8. The van der Waals surface area contributed by atoms with Gasteiger partial charge in [0.2, 0.25) is 0 Å². The summed E-state index contributed by atoms with van der Waals surface area (Å²) in [6.45, 7) is 3.48. The lowest BCUT2D eigenvalue weighted by Gasteiger charge is -2.18. The van der Waals surface area contributed by atoms with Crippen molar-refractivity contribution in [3.05, 3.63) is 39.8 Å². The molecular formula is C13H14BrClN4O2. The van der Waals surface area contributed by atoms with Crippen LogP contribution in [0.3, 0.4) is 0 Å². The molecule has 2 rings (SSSR count). The molecule has 21 heavy (non-hydrogen) atoms. The molecule has 0 aliphatic carbocycles. The number of nitrogens with zero attached hydrogens (tertiary/aromatic N) is 2. The molecule has 1 amide bonds. The highest BCUT2D eigenvalue weighted by atomic mass is 79.9. The largest absolute Gasteiger partial charge is 0.480 e. The SMILES string of the molecule is CC(Oc1ccc(Cl)cc1Br)C(=O)NC(C)c1ncn[nH]1. The molecule has 0 saturated heterocycles. The van der Waals surface area contributed by atoms with Crippen molar-refractivity contribution in [1.29, 1.82) is 0 Å². The van der Waals surface area contributed by atoms with Crippen LogP contribution in [-0.2, 0) is 4.79 Å². The van der Waals surface area contributed by atoms with Gasteiger partial charge in [-0.05, 0) is 48.0 Å². The number of hydrogen-bond acceptors (Lipinski definition) is 4. The van der Waals surface area contributed by atoms with E-state index < -0.39 is 6.10 Å². The number of hydrogen-bond donors (Lipinski definition) is 2. The molecule has 2 atom stereocenters. The Hall–Kier alpha value is -1.60. The third-order valence-electron chi connectivity index (χ3n) is 2.77. The Morgan fingerprint density at radius 3 is 2.86 bits per heavy atom. The first kappa shape index (κ1) is 15.8. The van der Waals surface area contributed by atoms with Crippen LogP contribution in [0.5, 0.6) is 5.75 Å². The van der Waals surface area contributed by atoms with Crippen LogP contribution in [0.4, 0.5) is 0 Å². The van der Waals surface area contributed by atoms with Gasteiger partial charge >= 0.3 is 0 Å². The molecule has 1 heterocycles. The summed E-state index contributed by atoms with van der Waals surface area (Å²) in [5.41, 5.74) is 0. The minimum absolute atomic E-state index is 0.249. The molecule has 2 N–H and O–H groups in total. The first-order valence-electron chi connectivity index (χ1n) is 6.24. The summed E-state index contributed by atoms with van der Waals surface area (Å²) < 4.78 is 6.31. The number of carbonyl (C=O) groups excluding carboxylic acids is 1. The van der Waals surface area contributed by atoms with E-state index in [1.54, 1.807) is 25.1 Å². The number of nitrogens with one attached hydrogen (secondary N) is 2. The van der Waals surface area contributed by atoms with Gasteiger partial charge in [0.15, 0.2) is 6.10 Å². The van der Waals surface area contributed by atoms with Gasteiger partial charge in [-0.1, -0.05) is 11.6 Å². The van der Waals surface area contributed by atoms with E-state index in [2.05, 4.69) is 36.4 Å². The number of rotatable bonds is 5. The molecule has 0 spiro atoms. The average Bonchev–Trinajstić information content (AvgIpc) is 2.95. The van der Waals surface area contributed by atoms with Gasteiger partial charge in [0, 0.05) is 5.02 Å². The molecule has 0 fully saturated rings. The average molecular weight is 374 g/mol. The first-order valence-corrected chi connectivity index (χ1v) is 7.42. The zero-order valence-electron chi connectivity index (χ0n) is 11.4. The zero-order chi connectivity index (χ0) is 15.4. The highest BCUT2D eigenvalue weighted by molar-refractivity contribution is 9.10. The molecule has 0 aliphatic rings. The molecule has 6 nitrogen and oxygen atoms in total. The quantitative estimate of drug-likeness (QED) is 0.844. The minimum atomic E-state index is -0.659. The standard InChI is InChI=1S/C13H14BrClN4O2/c1-7(12-16-6-17-19-12)18-13(20)8(2)21-11-4-3-9(15)5-10(11)14/h3-8H,1-2H3,(H,18,20)(H,16,17,19). The van der Waals surface area contributed by atoms with Gasteiger partial charge in [-0.25, -0.2) is 4.98 Å². The van der Waals surface area contributed by atoms with Gasteiger partial charge in [0.05, 0.1) is 10.5 Å². The third-order valence-corrected chi connectivity index (χ3v) is 3.62. The smallest absolute Gasteiger partial charge is 0.261 e. The molecule has 0 aliphatic heterocycles. The van der Waals surface area contributed by atoms with Crippen molar-refractivity contribution in [2.45, 2.75) is 26.0 Å². The lowest BCUT2D eigenvalue weighted by atomic mass is 10.2. The molecule has 1 aromatic carbocycles. The maximum atomic E-state index is 12.1. The third kappa shape index (κ3) is 4.18. The van der Waals surface area contributed by atoms with E-state index in [9.17, 15) is 4.79 Å². The van der Waals surface area contributed by atoms with Gasteiger partial charge in [-0.15, -0.1) is 0 Å². The van der Waals surface area contributed by atoms with Gasteiger partial charge in [0.25, 0.3) is 5.91 Å². The monoisotopic (exact) mass is 372 g/mol. The number of aromatic nitrogens is 3. The molecular weight excluding hydrogens is 360 g/mol. The van der Waals surface area contributed by atoms with E-state index in [-0.39, 0.29) is 11.9 Å². The fourth-order valence-corrected chi connectivity index (χ4v) is 2.41. The van der Waals surface area contributed by atoms with Gasteiger partial charge < -0.3 is 10.1 Å². The van der Waals surface area contributed by atoms with E-state index in [1.165, 1.54) is 6.33 Å². The number of benzene rings is 1. The number of aromatic amines is 1. The van der Waals surface area contributed by atoms with Crippen LogP contribution in [0.1, 0.15) is 25.7 Å². The summed E-state index contributed by atoms with van der Waals surface area (Å²) in [5.74, 6) is 0.887. The van der Waals surface area contributed by atoms with Crippen molar-refractivity contribution in [3.8, 4) is 5.75 Å². The Balaban J connectivity index is 1.96. The van der Waals surface area contributed by atoms with Gasteiger partial charge in [-0.2, -0.15) is 5.10 Å². The van der Waals surface area contributed by atoms with E-state index in [4.69, 9.17) is 16.3 Å². The second kappa shape index (κ2) is 6.91. The van der Waals surface area contributed by atoms with Crippen LogP contribution >= 0.6 is 27.5 Å². The van der Waals surface area contributed by atoms with Crippen LogP contribution in [0.2, 0.25) is 5.02 Å². The number of ether oxygens (including phenoxy) is 1. The molecule has 0 saturated carbocycles. The van der Waals surface area contributed by atoms with E-state index >= 15 is 0 Å². The van der Waals surface area contributed by atoms with Crippen LogP contribution in [-0.4, -0.2) is 27.2 Å². The van der Waals surface area contributed by atoms with Crippen molar-refractivity contribution >= 4 is 33.4 Å². The molecule has 0 bridgehead atoms. The molecule has 112 valence electrons. The topological polar surface area (TPSA) is 79.9 Å². The fraction of sp³-hybridized carbons (Fsp3) is 0.308. The molecule has 2 aromatic rings. The number of H-pyrrole nitrogens is 1. The van der Waals surface area contributed by atoms with Crippen LogP contribution in [0.15, 0.2) is 29.0 Å². The Morgan fingerprint density at radius 1 is 1.48 bits per heavy atom. The Kier molecular flexibility index (Phi) is 5.19. The molecule has 0 radical (unpaired) electrons. The van der Waals surface area contributed by atoms with Crippen molar-refractivity contribution in [2.24, 2.45) is 0 Å². The highest BCUT2D eigenvalue weighted by Crippen LogP contribution is 2.28. The maximum Gasteiger partial charge on any atom is 0.261 e. The highest BCUT2D eigenvalue weighted by Gasteiger charge is 2.19. The summed E-state index contributed by atoms with van der Waals surface area (Å²) in [7, 11) is 0. The first-order chi connectivity index (χ1) is 9.97. The van der Waals surface area contributed by atoms with E-state index in [0.717, 1.165) is 0 Å². The second-order valence-electron chi connectivity index (χ2n) is 4.44. The lowest BCUT2D eigenvalue weighted by Crippen LogP contribution is -2.38. The predicted molar refractivity (Wildman–Crippen MR) is 82.2 cm³/mol. The summed E-state index contributed by atoms with van der Waals surface area (Å²) in [6, 6.07) is 4.83. The molecule has 8 heteroatoms. The van der Waals surface area contributed by atoms with E-state index in [1.807, 2.05) is 6.92 Å². The number of amides is 1. The van der Waals surface area contributed by atoms with E-state index in [0.29, 0.717) is 21.1 Å². The van der Waals surface area contributed by atoms with Crippen molar-refractivity contribution in [2.75, 3.05) is 0 Å². The normalized spacial score (nSPS) is 13.5. The Morgan fingerprint density at radius 2 is 2.24 bits per heavy atom. The van der Waals surface area contributed by atoms with Crippen molar-refractivity contribution in [3.63, 3.8) is 0 Å². The summed E-state index contributed by atoms with van der Waals surface area (Å²) in [4.78, 5) is 16.1.